The smallest absolute Gasteiger partial charge is 0.251 e. The molecule has 0 aromatic heterocycles. The van der Waals surface area contributed by atoms with Crippen LogP contribution in [0.25, 0.3) is 0 Å². The van der Waals surface area contributed by atoms with Crippen LogP contribution in [-0.2, 0) is 0 Å². The molecule has 3 N–H and O–H groups in total. The molecule has 2 aliphatic carbocycles. The Bertz CT molecular complexity index is 598. The van der Waals surface area contributed by atoms with Gasteiger partial charge in [0, 0.05) is 17.6 Å². The Balaban J connectivity index is 1.61. The molecule has 0 bridgehead atoms. The molecular weight excluding hydrogens is 300 g/mol. The van der Waals surface area contributed by atoms with E-state index in [0.29, 0.717) is 30.0 Å². The van der Waals surface area contributed by atoms with E-state index in [1.54, 1.807) is 0 Å². The third-order valence-electron chi connectivity index (χ3n) is 5.44. The number of ether oxygens (including phenoxy) is 1. The highest BCUT2D eigenvalue weighted by molar-refractivity contribution is 5.95. The number of benzene rings is 1. The molecule has 0 radical (unpaired) electrons. The molecule has 4 heteroatoms. The molecule has 1 spiro atoms. The number of nitrogens with one attached hydrogen (secondary N) is 1. The topological polar surface area (TPSA) is 64.3 Å². The summed E-state index contributed by atoms with van der Waals surface area (Å²) in [4.78, 5) is 12.6. The van der Waals surface area contributed by atoms with Crippen LogP contribution in [0.2, 0.25) is 0 Å². The monoisotopic (exact) mass is 330 g/mol. The molecule has 2 fully saturated rings. The summed E-state index contributed by atoms with van der Waals surface area (Å²) in [6.45, 7) is 7.06. The first-order valence-corrected chi connectivity index (χ1v) is 9.25. The molecule has 132 valence electrons. The standard InChI is InChI=1S/C20H30N2O2/c1-4-7-24-18-6-5-14(8-17(18)13(2)3)19(23)22-16-11-20(12-16)9-15(21)10-20/h5-6,8,13,15-16H,4,7,9-12,21H2,1-3H3,(H,22,23). The molecule has 2 aliphatic rings. The minimum absolute atomic E-state index is 0.0300. The van der Waals surface area contributed by atoms with Crippen LogP contribution in [0.1, 0.15) is 74.7 Å². The Kier molecular flexibility index (Phi) is 4.86. The van der Waals surface area contributed by atoms with Crippen molar-refractivity contribution < 1.29 is 9.53 Å². The van der Waals surface area contributed by atoms with E-state index in [1.807, 2.05) is 18.2 Å². The van der Waals surface area contributed by atoms with Crippen molar-refractivity contribution in [1.29, 1.82) is 0 Å². The van der Waals surface area contributed by atoms with Crippen LogP contribution in [0.15, 0.2) is 18.2 Å². The lowest BCUT2D eigenvalue weighted by Gasteiger charge is -2.57. The Morgan fingerprint density at radius 3 is 2.62 bits per heavy atom. The van der Waals surface area contributed by atoms with E-state index in [2.05, 4.69) is 26.1 Å². The zero-order valence-corrected chi connectivity index (χ0v) is 15.1. The van der Waals surface area contributed by atoms with Gasteiger partial charge in [-0.1, -0.05) is 20.8 Å². The van der Waals surface area contributed by atoms with Gasteiger partial charge in [0.2, 0.25) is 0 Å². The lowest BCUT2D eigenvalue weighted by atomic mass is 9.52. The van der Waals surface area contributed by atoms with E-state index in [-0.39, 0.29) is 5.91 Å². The predicted molar refractivity (Wildman–Crippen MR) is 96.4 cm³/mol. The van der Waals surface area contributed by atoms with Gasteiger partial charge < -0.3 is 15.8 Å². The van der Waals surface area contributed by atoms with Crippen molar-refractivity contribution in [3.63, 3.8) is 0 Å². The van der Waals surface area contributed by atoms with Gasteiger partial charge in [0.1, 0.15) is 5.75 Å². The van der Waals surface area contributed by atoms with Crippen LogP contribution in [-0.4, -0.2) is 24.6 Å². The SMILES string of the molecule is CCCOc1ccc(C(=O)NC2CC3(CC(N)C3)C2)cc1C(C)C. The molecule has 2 saturated carbocycles. The van der Waals surface area contributed by atoms with Gasteiger partial charge in [0.15, 0.2) is 0 Å². The molecule has 0 saturated heterocycles. The molecular formula is C20H30N2O2. The highest BCUT2D eigenvalue weighted by Crippen LogP contribution is 2.55. The molecule has 1 amide bonds. The van der Waals surface area contributed by atoms with Gasteiger partial charge in [-0.3, -0.25) is 4.79 Å². The molecule has 4 nitrogen and oxygen atoms in total. The molecule has 24 heavy (non-hydrogen) atoms. The number of carbonyl (C=O) groups excluding carboxylic acids is 1. The second-order valence-corrected chi connectivity index (χ2v) is 8.00. The molecule has 0 heterocycles. The summed E-state index contributed by atoms with van der Waals surface area (Å²) < 4.78 is 5.81. The Morgan fingerprint density at radius 1 is 1.33 bits per heavy atom. The van der Waals surface area contributed by atoms with Crippen molar-refractivity contribution in [1.82, 2.24) is 5.32 Å². The number of rotatable bonds is 6. The quantitative estimate of drug-likeness (QED) is 0.837. The minimum Gasteiger partial charge on any atom is -0.493 e. The maximum Gasteiger partial charge on any atom is 0.251 e. The summed E-state index contributed by atoms with van der Waals surface area (Å²) in [5, 5.41) is 3.18. The minimum atomic E-state index is 0.0300. The fourth-order valence-corrected chi connectivity index (χ4v) is 4.23. The Labute approximate surface area is 145 Å². The number of hydrogen-bond donors (Lipinski definition) is 2. The van der Waals surface area contributed by atoms with Crippen LogP contribution in [0.5, 0.6) is 5.75 Å². The Hall–Kier alpha value is -1.55. The second kappa shape index (κ2) is 6.75. The lowest BCUT2D eigenvalue weighted by Crippen LogP contribution is -2.59. The van der Waals surface area contributed by atoms with Gasteiger partial charge in [-0.25, -0.2) is 0 Å². The molecule has 0 unspecified atom stereocenters. The van der Waals surface area contributed by atoms with E-state index >= 15 is 0 Å². The fourth-order valence-electron chi connectivity index (χ4n) is 4.23. The van der Waals surface area contributed by atoms with Gasteiger partial charge in [-0.2, -0.15) is 0 Å². The fraction of sp³-hybridized carbons (Fsp3) is 0.650. The maximum atomic E-state index is 12.6. The normalized spacial score (nSPS) is 28.4. The molecule has 0 aliphatic heterocycles. The molecule has 0 atom stereocenters. The predicted octanol–water partition coefficient (Wildman–Crippen LogP) is 3.60. The van der Waals surface area contributed by atoms with Crippen LogP contribution < -0.4 is 15.8 Å². The summed E-state index contributed by atoms with van der Waals surface area (Å²) in [5.74, 6) is 1.25. The molecule has 1 aromatic rings. The average molecular weight is 330 g/mol. The lowest BCUT2D eigenvalue weighted by molar-refractivity contribution is -0.0159. The van der Waals surface area contributed by atoms with Crippen molar-refractivity contribution >= 4 is 5.91 Å². The van der Waals surface area contributed by atoms with Crippen LogP contribution in [0.4, 0.5) is 0 Å². The van der Waals surface area contributed by atoms with Crippen LogP contribution >= 0.6 is 0 Å². The zero-order chi connectivity index (χ0) is 17.3. The van der Waals surface area contributed by atoms with E-state index in [4.69, 9.17) is 10.5 Å². The van der Waals surface area contributed by atoms with Gasteiger partial charge in [0.05, 0.1) is 6.61 Å². The summed E-state index contributed by atoms with van der Waals surface area (Å²) >= 11 is 0. The van der Waals surface area contributed by atoms with Crippen molar-refractivity contribution in [3.8, 4) is 5.75 Å². The maximum absolute atomic E-state index is 12.6. The summed E-state index contributed by atoms with van der Waals surface area (Å²) in [5.41, 5.74) is 8.17. The van der Waals surface area contributed by atoms with Crippen molar-refractivity contribution in [2.45, 2.75) is 70.9 Å². The zero-order valence-electron chi connectivity index (χ0n) is 15.1. The van der Waals surface area contributed by atoms with Crippen molar-refractivity contribution in [2.75, 3.05) is 6.61 Å². The van der Waals surface area contributed by atoms with Gasteiger partial charge in [-0.05, 0) is 67.2 Å². The molecule has 1 aromatic carbocycles. The third-order valence-corrected chi connectivity index (χ3v) is 5.44. The second-order valence-electron chi connectivity index (χ2n) is 8.00. The Morgan fingerprint density at radius 2 is 2.04 bits per heavy atom. The number of nitrogens with two attached hydrogens (primary N) is 1. The first kappa shape index (κ1) is 17.3. The first-order chi connectivity index (χ1) is 11.4. The number of carbonyl (C=O) groups is 1. The number of amides is 1. The van der Waals surface area contributed by atoms with Gasteiger partial charge in [-0.15, -0.1) is 0 Å². The summed E-state index contributed by atoms with van der Waals surface area (Å²) in [7, 11) is 0. The highest BCUT2D eigenvalue weighted by Gasteiger charge is 2.52. The summed E-state index contributed by atoms with van der Waals surface area (Å²) in [6.07, 6.45) is 5.40. The average Bonchev–Trinajstić information content (AvgIpc) is 2.49. The third kappa shape index (κ3) is 3.44. The van der Waals surface area contributed by atoms with E-state index in [1.165, 1.54) is 0 Å². The van der Waals surface area contributed by atoms with E-state index in [9.17, 15) is 4.79 Å². The van der Waals surface area contributed by atoms with Crippen LogP contribution in [0, 0.1) is 5.41 Å². The van der Waals surface area contributed by atoms with Crippen molar-refractivity contribution in [2.24, 2.45) is 11.1 Å². The number of hydrogen-bond acceptors (Lipinski definition) is 3. The first-order valence-electron chi connectivity index (χ1n) is 9.25. The summed E-state index contributed by atoms with van der Waals surface area (Å²) in [6, 6.07) is 6.49. The van der Waals surface area contributed by atoms with E-state index < -0.39 is 0 Å². The van der Waals surface area contributed by atoms with Crippen molar-refractivity contribution in [3.05, 3.63) is 29.3 Å². The van der Waals surface area contributed by atoms with Crippen LogP contribution in [0.3, 0.4) is 0 Å². The molecule has 3 rings (SSSR count). The largest absolute Gasteiger partial charge is 0.493 e. The highest BCUT2D eigenvalue weighted by atomic mass is 16.5. The van der Waals surface area contributed by atoms with Gasteiger partial charge >= 0.3 is 0 Å². The van der Waals surface area contributed by atoms with E-state index in [0.717, 1.165) is 49.0 Å². The van der Waals surface area contributed by atoms with Gasteiger partial charge in [0.25, 0.3) is 5.91 Å².